The Balaban J connectivity index is 1.91. The second-order valence-electron chi connectivity index (χ2n) is 5.24. The zero-order valence-corrected chi connectivity index (χ0v) is 12.5. The van der Waals surface area contributed by atoms with Gasteiger partial charge in [-0.2, -0.15) is 0 Å². The molecule has 114 valence electrons. The van der Waals surface area contributed by atoms with Crippen LogP contribution in [0.5, 0.6) is 0 Å². The molecule has 2 rings (SSSR count). The monoisotopic (exact) mass is 290 g/mol. The standard InChI is InChI=1S/C15H22N4O2/c1-10(2)21-8-4-3-7-17-15-18-13-6-5-11(16)9-12(13)14(20)19-15/h5-6,9-10H,3-4,7-8,16H2,1-2H3,(H2,17,18,19,20). The molecular weight excluding hydrogens is 268 g/mol. The zero-order chi connectivity index (χ0) is 15.2. The van der Waals surface area contributed by atoms with Gasteiger partial charge >= 0.3 is 0 Å². The summed E-state index contributed by atoms with van der Waals surface area (Å²) in [4.78, 5) is 19.0. The maximum Gasteiger partial charge on any atom is 0.260 e. The Bertz CT molecular complexity index is 652. The molecule has 0 bridgehead atoms. The molecule has 6 nitrogen and oxygen atoms in total. The van der Waals surface area contributed by atoms with Gasteiger partial charge in [-0.25, -0.2) is 4.98 Å². The molecule has 6 heteroatoms. The molecule has 0 saturated heterocycles. The summed E-state index contributed by atoms with van der Waals surface area (Å²) in [6.07, 6.45) is 2.19. The Morgan fingerprint density at radius 1 is 1.38 bits per heavy atom. The van der Waals surface area contributed by atoms with Crippen molar-refractivity contribution in [2.24, 2.45) is 0 Å². The zero-order valence-electron chi connectivity index (χ0n) is 12.5. The van der Waals surface area contributed by atoms with Crippen LogP contribution in [0.15, 0.2) is 23.0 Å². The van der Waals surface area contributed by atoms with Gasteiger partial charge in [0.05, 0.1) is 17.0 Å². The molecule has 2 aromatic rings. The van der Waals surface area contributed by atoms with Crippen molar-refractivity contribution in [3.05, 3.63) is 28.6 Å². The van der Waals surface area contributed by atoms with Gasteiger partial charge in [0.25, 0.3) is 5.56 Å². The van der Waals surface area contributed by atoms with Crippen LogP contribution < -0.4 is 16.6 Å². The highest BCUT2D eigenvalue weighted by Crippen LogP contribution is 2.12. The Kier molecular flexibility index (Phi) is 5.16. The second-order valence-corrected chi connectivity index (χ2v) is 5.24. The number of rotatable bonds is 7. The van der Waals surface area contributed by atoms with E-state index in [1.165, 1.54) is 0 Å². The van der Waals surface area contributed by atoms with Gasteiger partial charge < -0.3 is 15.8 Å². The molecule has 0 atom stereocenters. The molecule has 0 spiro atoms. The highest BCUT2D eigenvalue weighted by molar-refractivity contribution is 5.81. The third-order valence-corrected chi connectivity index (χ3v) is 3.04. The number of aromatic nitrogens is 2. The number of benzene rings is 1. The first kappa shape index (κ1) is 15.3. The first-order chi connectivity index (χ1) is 10.1. The first-order valence-corrected chi connectivity index (χ1v) is 7.21. The summed E-state index contributed by atoms with van der Waals surface area (Å²) in [7, 11) is 0. The Morgan fingerprint density at radius 2 is 2.19 bits per heavy atom. The van der Waals surface area contributed by atoms with Crippen molar-refractivity contribution in [3.63, 3.8) is 0 Å². The van der Waals surface area contributed by atoms with Crippen LogP contribution in [0, 0.1) is 0 Å². The minimum Gasteiger partial charge on any atom is -0.399 e. The van der Waals surface area contributed by atoms with Gasteiger partial charge in [-0.15, -0.1) is 0 Å². The van der Waals surface area contributed by atoms with Crippen molar-refractivity contribution in [1.82, 2.24) is 9.97 Å². The smallest absolute Gasteiger partial charge is 0.260 e. The van der Waals surface area contributed by atoms with E-state index in [1.807, 2.05) is 13.8 Å². The second kappa shape index (κ2) is 7.08. The van der Waals surface area contributed by atoms with Crippen LogP contribution >= 0.6 is 0 Å². The Morgan fingerprint density at radius 3 is 2.95 bits per heavy atom. The normalized spacial score (nSPS) is 11.2. The third kappa shape index (κ3) is 4.46. The maximum absolute atomic E-state index is 12.0. The van der Waals surface area contributed by atoms with E-state index in [2.05, 4.69) is 15.3 Å². The molecule has 0 aliphatic rings. The number of ether oxygens (including phenoxy) is 1. The van der Waals surface area contributed by atoms with Crippen LogP contribution in [0.3, 0.4) is 0 Å². The van der Waals surface area contributed by atoms with Crippen molar-refractivity contribution in [2.45, 2.75) is 32.8 Å². The summed E-state index contributed by atoms with van der Waals surface area (Å²) in [5.74, 6) is 0.488. The number of hydrogen-bond donors (Lipinski definition) is 3. The van der Waals surface area contributed by atoms with Gasteiger partial charge in [0, 0.05) is 18.8 Å². The van der Waals surface area contributed by atoms with Gasteiger partial charge in [-0.3, -0.25) is 9.78 Å². The Hall–Kier alpha value is -2.08. The Labute approximate surface area is 123 Å². The number of nitrogens with two attached hydrogens (primary N) is 1. The van der Waals surface area contributed by atoms with Crippen LogP contribution in [0.1, 0.15) is 26.7 Å². The number of anilines is 2. The molecule has 0 aliphatic heterocycles. The molecule has 1 aromatic heterocycles. The summed E-state index contributed by atoms with van der Waals surface area (Å²) in [6.45, 7) is 5.54. The summed E-state index contributed by atoms with van der Waals surface area (Å²) in [5, 5.41) is 3.63. The van der Waals surface area contributed by atoms with Gasteiger partial charge in [0.2, 0.25) is 5.95 Å². The highest BCUT2D eigenvalue weighted by atomic mass is 16.5. The average Bonchev–Trinajstić information content (AvgIpc) is 2.43. The number of hydrogen-bond acceptors (Lipinski definition) is 5. The SMILES string of the molecule is CC(C)OCCCCNc1nc2ccc(N)cc2c(=O)[nH]1. The summed E-state index contributed by atoms with van der Waals surface area (Å²) < 4.78 is 5.47. The summed E-state index contributed by atoms with van der Waals surface area (Å²) >= 11 is 0. The van der Waals surface area contributed by atoms with Crippen LogP contribution in [-0.4, -0.2) is 29.2 Å². The fourth-order valence-corrected chi connectivity index (χ4v) is 1.99. The lowest BCUT2D eigenvalue weighted by molar-refractivity contribution is 0.0765. The molecule has 21 heavy (non-hydrogen) atoms. The molecule has 1 heterocycles. The number of aromatic amines is 1. The fraction of sp³-hybridized carbons (Fsp3) is 0.467. The van der Waals surface area contributed by atoms with Crippen molar-refractivity contribution in [3.8, 4) is 0 Å². The van der Waals surface area contributed by atoms with E-state index in [9.17, 15) is 4.79 Å². The van der Waals surface area contributed by atoms with E-state index in [-0.39, 0.29) is 11.7 Å². The van der Waals surface area contributed by atoms with Crippen LogP contribution in [0.4, 0.5) is 11.6 Å². The first-order valence-electron chi connectivity index (χ1n) is 7.21. The minimum atomic E-state index is -0.182. The molecule has 0 fully saturated rings. The molecular formula is C15H22N4O2. The van der Waals surface area contributed by atoms with Crippen molar-refractivity contribution >= 4 is 22.5 Å². The number of nitrogens with zero attached hydrogens (tertiary/aromatic N) is 1. The topological polar surface area (TPSA) is 93.0 Å². The largest absolute Gasteiger partial charge is 0.399 e. The van der Waals surface area contributed by atoms with Crippen LogP contribution in [0.2, 0.25) is 0 Å². The van der Waals surface area contributed by atoms with E-state index >= 15 is 0 Å². The molecule has 4 N–H and O–H groups in total. The number of unbranched alkanes of at least 4 members (excludes halogenated alkanes) is 1. The molecule has 0 radical (unpaired) electrons. The highest BCUT2D eigenvalue weighted by Gasteiger charge is 2.03. The lowest BCUT2D eigenvalue weighted by atomic mass is 10.2. The van der Waals surface area contributed by atoms with Gasteiger partial charge in [-0.05, 0) is 44.9 Å². The van der Waals surface area contributed by atoms with E-state index in [4.69, 9.17) is 10.5 Å². The lowest BCUT2D eigenvalue weighted by Gasteiger charge is -2.08. The van der Waals surface area contributed by atoms with E-state index in [0.29, 0.717) is 22.5 Å². The maximum atomic E-state index is 12.0. The number of fused-ring (bicyclic) bond motifs is 1. The van der Waals surface area contributed by atoms with Crippen molar-refractivity contribution < 1.29 is 4.74 Å². The number of nitrogens with one attached hydrogen (secondary N) is 2. The molecule has 0 aliphatic carbocycles. The van der Waals surface area contributed by atoms with Gasteiger partial charge in [0.1, 0.15) is 0 Å². The third-order valence-electron chi connectivity index (χ3n) is 3.04. The molecule has 1 aromatic carbocycles. The van der Waals surface area contributed by atoms with Crippen LogP contribution in [0.25, 0.3) is 10.9 Å². The summed E-state index contributed by atoms with van der Waals surface area (Å²) in [5.41, 5.74) is 6.68. The average molecular weight is 290 g/mol. The molecule has 0 amide bonds. The minimum absolute atomic E-state index is 0.182. The predicted molar refractivity (Wildman–Crippen MR) is 85.6 cm³/mol. The van der Waals surface area contributed by atoms with E-state index in [0.717, 1.165) is 26.0 Å². The van der Waals surface area contributed by atoms with Crippen molar-refractivity contribution in [1.29, 1.82) is 0 Å². The molecule has 0 saturated carbocycles. The van der Waals surface area contributed by atoms with Gasteiger partial charge in [0.15, 0.2) is 0 Å². The summed E-state index contributed by atoms with van der Waals surface area (Å²) in [6, 6.07) is 5.12. The predicted octanol–water partition coefficient (Wildman–Crippen LogP) is 2.12. The number of nitrogen functional groups attached to an aromatic ring is 1. The van der Waals surface area contributed by atoms with Gasteiger partial charge in [-0.1, -0.05) is 0 Å². The number of H-pyrrole nitrogens is 1. The quantitative estimate of drug-likeness (QED) is 0.536. The molecule has 0 unspecified atom stereocenters. The van der Waals surface area contributed by atoms with Crippen molar-refractivity contribution in [2.75, 3.05) is 24.2 Å². The van der Waals surface area contributed by atoms with E-state index in [1.54, 1.807) is 18.2 Å². The lowest BCUT2D eigenvalue weighted by Crippen LogP contribution is -2.14. The van der Waals surface area contributed by atoms with Crippen LogP contribution in [-0.2, 0) is 4.74 Å². The fourth-order valence-electron chi connectivity index (χ4n) is 1.99. The van der Waals surface area contributed by atoms with E-state index < -0.39 is 0 Å².